The van der Waals surface area contributed by atoms with E-state index in [9.17, 15) is 9.90 Å². The molecule has 0 saturated carbocycles. The highest BCUT2D eigenvalue weighted by atomic mass is 16.5. The largest absolute Gasteiger partial charge is 0.508 e. The van der Waals surface area contributed by atoms with Crippen LogP contribution in [-0.2, 0) is 4.79 Å². The molecule has 1 saturated heterocycles. The van der Waals surface area contributed by atoms with Crippen LogP contribution in [-0.4, -0.2) is 56.8 Å². The number of hydrogen-bond donors (Lipinski definition) is 2. The normalized spacial score (nSPS) is 15.0. The zero-order valence-corrected chi connectivity index (χ0v) is 14.5. The Labute approximate surface area is 147 Å². The van der Waals surface area contributed by atoms with Crippen LogP contribution in [0.5, 0.6) is 11.5 Å². The lowest BCUT2D eigenvalue weighted by Gasteiger charge is -2.34. The van der Waals surface area contributed by atoms with Gasteiger partial charge in [-0.25, -0.2) is 0 Å². The van der Waals surface area contributed by atoms with Gasteiger partial charge in [0.15, 0.2) is 0 Å². The fourth-order valence-electron chi connectivity index (χ4n) is 3.06. The summed E-state index contributed by atoms with van der Waals surface area (Å²) in [4.78, 5) is 15.3. The minimum Gasteiger partial charge on any atom is -0.508 e. The predicted octanol–water partition coefficient (Wildman–Crippen LogP) is 2.39. The van der Waals surface area contributed by atoms with Crippen molar-refractivity contribution in [2.75, 3.05) is 50.6 Å². The molecule has 2 N–H and O–H groups in total. The number of phenols is 1. The van der Waals surface area contributed by atoms with Gasteiger partial charge in [0, 0.05) is 37.9 Å². The molecular weight excluding hydrogens is 318 g/mol. The van der Waals surface area contributed by atoms with Crippen molar-refractivity contribution in [2.45, 2.75) is 0 Å². The molecule has 132 valence electrons. The number of amides is 1. The molecule has 2 aromatic rings. The molecule has 0 radical (unpaired) electrons. The number of hydrogen-bond acceptors (Lipinski definition) is 5. The van der Waals surface area contributed by atoms with Gasteiger partial charge < -0.3 is 25.0 Å². The van der Waals surface area contributed by atoms with Gasteiger partial charge >= 0.3 is 0 Å². The van der Waals surface area contributed by atoms with Crippen molar-refractivity contribution in [3.63, 3.8) is 0 Å². The van der Waals surface area contributed by atoms with Gasteiger partial charge in [-0.05, 0) is 42.4 Å². The van der Waals surface area contributed by atoms with Crippen LogP contribution in [0.25, 0.3) is 11.1 Å². The van der Waals surface area contributed by atoms with Crippen molar-refractivity contribution in [1.82, 2.24) is 4.90 Å². The van der Waals surface area contributed by atoms with E-state index in [0.29, 0.717) is 17.8 Å². The highest BCUT2D eigenvalue weighted by molar-refractivity contribution is 5.80. The van der Waals surface area contributed by atoms with Crippen LogP contribution in [0, 0.1) is 0 Å². The molecule has 3 rings (SSSR count). The summed E-state index contributed by atoms with van der Waals surface area (Å²) in [7, 11) is 3.68. The first-order chi connectivity index (χ1) is 12.1. The number of ether oxygens (including phenoxy) is 1. The molecule has 6 nitrogen and oxygen atoms in total. The first kappa shape index (κ1) is 17.1. The van der Waals surface area contributed by atoms with E-state index in [1.165, 1.54) is 0 Å². The molecule has 0 atom stereocenters. The lowest BCUT2D eigenvalue weighted by Crippen LogP contribution is -2.44. The second-order valence-electron chi connectivity index (χ2n) is 6.21. The molecule has 1 amide bonds. The Balaban J connectivity index is 1.93. The van der Waals surface area contributed by atoms with E-state index in [-0.39, 0.29) is 5.75 Å². The number of aromatic hydroxyl groups is 1. The first-order valence-corrected chi connectivity index (χ1v) is 8.27. The molecule has 0 unspecified atom stereocenters. The number of carbonyl (C=O) groups is 1. The molecule has 0 aromatic heterocycles. The third kappa shape index (κ3) is 3.85. The average Bonchev–Trinajstić information content (AvgIpc) is 2.62. The lowest BCUT2D eigenvalue weighted by molar-refractivity contribution is -0.105. The zero-order valence-electron chi connectivity index (χ0n) is 14.5. The van der Waals surface area contributed by atoms with E-state index in [0.717, 1.165) is 43.0 Å². The predicted molar refractivity (Wildman–Crippen MR) is 99.5 cm³/mol. The highest BCUT2D eigenvalue weighted by Gasteiger charge is 2.16. The minimum atomic E-state index is 0.237. The standard InChI is InChI=1S/C19H23N3O3/c1-21-5-7-22(8-6-21)16-9-15(10-17(24)12-16)14-3-4-18(20-13-23)19(11-14)25-2/h3-4,9-13,24H,5-8H2,1-2H3,(H,20,23). The summed E-state index contributed by atoms with van der Waals surface area (Å²) >= 11 is 0. The first-order valence-electron chi connectivity index (χ1n) is 8.27. The average molecular weight is 341 g/mol. The summed E-state index contributed by atoms with van der Waals surface area (Å²) in [5.41, 5.74) is 3.45. The third-order valence-electron chi connectivity index (χ3n) is 4.52. The monoisotopic (exact) mass is 341 g/mol. The number of likely N-dealkylation sites (N-methyl/N-ethyl adjacent to an activating group) is 1. The van der Waals surface area contributed by atoms with Crippen molar-refractivity contribution < 1.29 is 14.6 Å². The van der Waals surface area contributed by atoms with E-state index < -0.39 is 0 Å². The number of nitrogens with zero attached hydrogens (tertiary/aromatic N) is 2. The van der Waals surface area contributed by atoms with Crippen molar-refractivity contribution in [2.24, 2.45) is 0 Å². The molecule has 2 aromatic carbocycles. The molecule has 0 bridgehead atoms. The van der Waals surface area contributed by atoms with Gasteiger partial charge in [-0.15, -0.1) is 0 Å². The Morgan fingerprint density at radius 2 is 1.84 bits per heavy atom. The molecule has 0 spiro atoms. The Morgan fingerprint density at radius 3 is 2.52 bits per heavy atom. The van der Waals surface area contributed by atoms with Gasteiger partial charge in [0.2, 0.25) is 6.41 Å². The quantitative estimate of drug-likeness (QED) is 0.818. The fourth-order valence-corrected chi connectivity index (χ4v) is 3.06. The summed E-state index contributed by atoms with van der Waals surface area (Å²) in [5.74, 6) is 0.814. The molecule has 25 heavy (non-hydrogen) atoms. The highest BCUT2D eigenvalue weighted by Crippen LogP contribution is 2.34. The number of carbonyl (C=O) groups excluding carboxylic acids is 1. The fraction of sp³-hybridized carbons (Fsp3) is 0.316. The second kappa shape index (κ2) is 7.44. The molecule has 1 heterocycles. The molecule has 0 aliphatic carbocycles. The number of rotatable bonds is 5. The van der Waals surface area contributed by atoms with Gasteiger partial charge in [-0.3, -0.25) is 4.79 Å². The number of phenolic OH excluding ortho intramolecular Hbond substituents is 1. The molecular formula is C19H23N3O3. The van der Waals surface area contributed by atoms with Crippen LogP contribution in [0.1, 0.15) is 0 Å². The molecule has 1 aliphatic rings. The Hall–Kier alpha value is -2.73. The lowest BCUT2D eigenvalue weighted by atomic mass is 10.0. The summed E-state index contributed by atoms with van der Waals surface area (Å²) in [6.07, 6.45) is 0.622. The number of nitrogens with one attached hydrogen (secondary N) is 1. The zero-order chi connectivity index (χ0) is 17.8. The smallest absolute Gasteiger partial charge is 0.211 e. The van der Waals surface area contributed by atoms with Crippen LogP contribution in [0.15, 0.2) is 36.4 Å². The van der Waals surface area contributed by atoms with Gasteiger partial charge in [0.1, 0.15) is 11.5 Å². The van der Waals surface area contributed by atoms with Gasteiger partial charge in [-0.1, -0.05) is 6.07 Å². The van der Waals surface area contributed by atoms with Crippen molar-refractivity contribution >= 4 is 17.8 Å². The number of anilines is 2. The Morgan fingerprint density at radius 1 is 1.08 bits per heavy atom. The van der Waals surface area contributed by atoms with E-state index in [1.54, 1.807) is 25.3 Å². The number of methoxy groups -OCH3 is 1. The maximum absolute atomic E-state index is 10.7. The van der Waals surface area contributed by atoms with E-state index in [2.05, 4.69) is 28.2 Å². The summed E-state index contributed by atoms with van der Waals surface area (Å²) < 4.78 is 5.35. The SMILES string of the molecule is COc1cc(-c2cc(O)cc(N3CCN(C)CC3)c2)ccc1NC=O. The molecule has 1 aliphatic heterocycles. The van der Waals surface area contributed by atoms with Crippen molar-refractivity contribution in [3.8, 4) is 22.6 Å². The number of benzene rings is 2. The summed E-state index contributed by atoms with van der Waals surface area (Å²) in [6, 6.07) is 11.2. The van der Waals surface area contributed by atoms with Crippen molar-refractivity contribution in [1.29, 1.82) is 0 Å². The maximum Gasteiger partial charge on any atom is 0.211 e. The van der Waals surface area contributed by atoms with E-state index in [4.69, 9.17) is 4.74 Å². The minimum absolute atomic E-state index is 0.237. The van der Waals surface area contributed by atoms with Crippen LogP contribution in [0.3, 0.4) is 0 Å². The van der Waals surface area contributed by atoms with E-state index in [1.807, 2.05) is 12.1 Å². The van der Waals surface area contributed by atoms with Crippen LogP contribution >= 0.6 is 0 Å². The Bertz CT molecular complexity index is 756. The van der Waals surface area contributed by atoms with Gasteiger partial charge in [0.25, 0.3) is 0 Å². The molecule has 1 fully saturated rings. The summed E-state index contributed by atoms with van der Waals surface area (Å²) in [6.45, 7) is 3.88. The van der Waals surface area contributed by atoms with Crippen LogP contribution < -0.4 is 15.0 Å². The second-order valence-corrected chi connectivity index (χ2v) is 6.21. The van der Waals surface area contributed by atoms with Gasteiger partial charge in [0.05, 0.1) is 12.8 Å². The Kier molecular flexibility index (Phi) is 5.09. The molecule has 6 heteroatoms. The van der Waals surface area contributed by atoms with Gasteiger partial charge in [-0.2, -0.15) is 0 Å². The third-order valence-corrected chi connectivity index (χ3v) is 4.52. The topological polar surface area (TPSA) is 65.0 Å². The maximum atomic E-state index is 10.7. The van der Waals surface area contributed by atoms with Crippen LogP contribution in [0.4, 0.5) is 11.4 Å². The number of piperazine rings is 1. The van der Waals surface area contributed by atoms with E-state index >= 15 is 0 Å². The summed E-state index contributed by atoms with van der Waals surface area (Å²) in [5, 5.41) is 12.8. The van der Waals surface area contributed by atoms with Crippen LogP contribution in [0.2, 0.25) is 0 Å². The van der Waals surface area contributed by atoms with Crippen molar-refractivity contribution in [3.05, 3.63) is 36.4 Å².